The zero-order valence-electron chi connectivity index (χ0n) is 25.2. The summed E-state index contributed by atoms with van der Waals surface area (Å²) in [5, 5.41) is 29.3. The van der Waals surface area contributed by atoms with Gasteiger partial charge in [0.2, 0.25) is 0 Å². The van der Waals surface area contributed by atoms with Crippen LogP contribution in [0.25, 0.3) is 11.8 Å². The Labute approximate surface area is 256 Å². The number of carbonyl (C=O) groups is 1. The van der Waals surface area contributed by atoms with Crippen molar-refractivity contribution in [2.45, 2.75) is 83.1 Å². The highest BCUT2D eigenvalue weighted by Crippen LogP contribution is 2.67. The van der Waals surface area contributed by atoms with Crippen LogP contribution in [-0.2, 0) is 11.2 Å². The first-order valence-corrected chi connectivity index (χ1v) is 16.3. The molecule has 2 aromatic heterocycles. The van der Waals surface area contributed by atoms with E-state index in [4.69, 9.17) is 0 Å². The minimum Gasteiger partial charge on any atom is -0.393 e. The molecule has 4 aliphatic carbocycles. The van der Waals surface area contributed by atoms with Crippen LogP contribution in [-0.4, -0.2) is 53.2 Å². The summed E-state index contributed by atoms with van der Waals surface area (Å²) in [5.41, 5.74) is 3.58. The van der Waals surface area contributed by atoms with Crippen LogP contribution in [0.15, 0.2) is 47.3 Å². The molecule has 43 heavy (non-hydrogen) atoms. The van der Waals surface area contributed by atoms with Crippen molar-refractivity contribution in [1.82, 2.24) is 19.7 Å². The fourth-order valence-corrected chi connectivity index (χ4v) is 10.4. The molecule has 5 unspecified atom stereocenters. The average molecular weight is 603 g/mol. The number of Topliss-reactive ketones (excluding diaryl/α,β-unsaturated/α-hetero) is 1. The number of hydrogen-bond acceptors (Lipinski definition) is 7. The number of allylic oxidation sites excluding steroid dienone is 1. The van der Waals surface area contributed by atoms with Gasteiger partial charge in [-0.25, -0.2) is 19.0 Å². The molecule has 9 heteroatoms. The number of ketones is 1. The molecule has 2 heterocycles. The first-order valence-electron chi connectivity index (χ1n) is 15.4. The lowest BCUT2D eigenvalue weighted by Gasteiger charge is -2.60. The van der Waals surface area contributed by atoms with Crippen LogP contribution in [0.4, 0.5) is 4.39 Å². The third kappa shape index (κ3) is 4.37. The van der Waals surface area contributed by atoms with Gasteiger partial charge in [0.25, 0.3) is 0 Å². The summed E-state index contributed by atoms with van der Waals surface area (Å²) < 4.78 is 15.5. The van der Waals surface area contributed by atoms with Crippen LogP contribution < -0.4 is 0 Å². The van der Waals surface area contributed by atoms with Gasteiger partial charge >= 0.3 is 0 Å². The predicted molar refractivity (Wildman–Crippen MR) is 163 cm³/mol. The molecule has 7 atom stereocenters. The maximum absolute atomic E-state index is 13.8. The van der Waals surface area contributed by atoms with Crippen molar-refractivity contribution >= 4 is 23.6 Å². The number of nitrogens with zero attached hydrogens (tertiary/aromatic N) is 4. The van der Waals surface area contributed by atoms with Gasteiger partial charge in [-0.15, -0.1) is 0 Å². The number of carbonyl (C=O) groups excluding carboxylic acids is 1. The lowest BCUT2D eigenvalue weighted by atomic mass is 9.45. The molecule has 3 saturated carbocycles. The molecule has 3 aromatic rings. The molecule has 7 nitrogen and oxygen atoms in total. The summed E-state index contributed by atoms with van der Waals surface area (Å²) in [5.74, 6) is 0.0392. The highest BCUT2D eigenvalue weighted by molar-refractivity contribution is 7.99. The normalized spacial score (nSPS) is 34.5. The van der Waals surface area contributed by atoms with E-state index in [1.165, 1.54) is 29.5 Å². The molecule has 0 amide bonds. The zero-order chi connectivity index (χ0) is 30.3. The number of benzene rings is 1. The molecule has 4 aliphatic rings. The van der Waals surface area contributed by atoms with E-state index in [1.54, 1.807) is 12.1 Å². The van der Waals surface area contributed by atoms with Crippen LogP contribution >= 0.6 is 11.8 Å². The smallest absolute Gasteiger partial charge is 0.188 e. The van der Waals surface area contributed by atoms with Gasteiger partial charge in [-0.05, 0) is 118 Å². The topological polar surface area (TPSA) is 101 Å². The third-order valence-electron chi connectivity index (χ3n) is 11.4. The van der Waals surface area contributed by atoms with E-state index in [1.807, 2.05) is 37.7 Å². The fraction of sp³-hybridized carbons (Fsp3) is 0.529. The lowest BCUT2D eigenvalue weighted by Crippen LogP contribution is -2.62. The number of fused-ring (bicyclic) bond motifs is 6. The molecule has 0 radical (unpaired) electrons. The minimum atomic E-state index is -1.48. The number of aliphatic hydroxyl groups is 2. The summed E-state index contributed by atoms with van der Waals surface area (Å²) in [7, 11) is 0. The first-order chi connectivity index (χ1) is 20.4. The molecule has 0 bridgehead atoms. The Kier molecular flexibility index (Phi) is 6.76. The summed E-state index contributed by atoms with van der Waals surface area (Å²) in [6.07, 6.45) is 7.70. The van der Waals surface area contributed by atoms with Gasteiger partial charge in [-0.3, -0.25) is 4.79 Å². The summed E-state index contributed by atoms with van der Waals surface area (Å²) in [4.78, 5) is 22.7. The van der Waals surface area contributed by atoms with Gasteiger partial charge in [0.15, 0.2) is 10.9 Å². The largest absolute Gasteiger partial charge is 0.393 e. The van der Waals surface area contributed by atoms with Gasteiger partial charge in [0.05, 0.1) is 29.4 Å². The zero-order valence-corrected chi connectivity index (χ0v) is 26.0. The number of hydrogen-bond donors (Lipinski definition) is 2. The van der Waals surface area contributed by atoms with E-state index in [9.17, 15) is 19.4 Å². The van der Waals surface area contributed by atoms with Gasteiger partial charge in [-0.1, -0.05) is 31.2 Å². The van der Waals surface area contributed by atoms with E-state index in [-0.39, 0.29) is 40.5 Å². The Morgan fingerprint density at radius 1 is 1.14 bits per heavy atom. The van der Waals surface area contributed by atoms with E-state index >= 15 is 0 Å². The number of aliphatic hydroxyl groups excluding tert-OH is 1. The molecular formula is C34H39FN4O3S. The molecule has 3 fully saturated rings. The minimum absolute atomic E-state index is 0.0309. The third-order valence-corrected chi connectivity index (χ3v) is 12.3. The monoisotopic (exact) mass is 602 g/mol. The van der Waals surface area contributed by atoms with Crippen molar-refractivity contribution < 1.29 is 19.4 Å². The van der Waals surface area contributed by atoms with Crippen molar-refractivity contribution in [1.29, 1.82) is 0 Å². The second-order valence-electron chi connectivity index (χ2n) is 13.8. The number of halogens is 1. The summed E-state index contributed by atoms with van der Waals surface area (Å²) in [6, 6.07) is 8.29. The Balaban J connectivity index is 1.15. The molecule has 0 spiro atoms. The van der Waals surface area contributed by atoms with Crippen molar-refractivity contribution in [2.24, 2.45) is 28.6 Å². The molecule has 0 aliphatic heterocycles. The Bertz CT molecular complexity index is 1620. The Hall–Kier alpha value is -2.88. The van der Waals surface area contributed by atoms with Crippen molar-refractivity contribution in [3.63, 3.8) is 0 Å². The highest BCUT2D eigenvalue weighted by Gasteiger charge is 2.68. The Morgan fingerprint density at radius 3 is 2.58 bits per heavy atom. The van der Waals surface area contributed by atoms with E-state index < -0.39 is 17.1 Å². The number of rotatable bonds is 5. The van der Waals surface area contributed by atoms with Crippen molar-refractivity contribution in [2.75, 3.05) is 5.75 Å². The number of aromatic nitrogens is 4. The van der Waals surface area contributed by atoms with Crippen LogP contribution in [0.1, 0.15) is 68.6 Å². The van der Waals surface area contributed by atoms with Gasteiger partial charge < -0.3 is 10.2 Å². The quantitative estimate of drug-likeness (QED) is 0.287. The number of aryl methyl sites for hydroxylation is 2. The summed E-state index contributed by atoms with van der Waals surface area (Å²) in [6.45, 7) is 8.14. The highest BCUT2D eigenvalue weighted by atomic mass is 32.2. The predicted octanol–water partition coefficient (Wildman–Crippen LogP) is 5.66. The van der Waals surface area contributed by atoms with Crippen molar-refractivity contribution in [3.05, 3.63) is 70.6 Å². The Morgan fingerprint density at radius 2 is 1.86 bits per heavy atom. The van der Waals surface area contributed by atoms with Gasteiger partial charge in [-0.2, -0.15) is 5.10 Å². The standard InChI is InChI=1S/C34H39FN4O3S/c1-19-13-20(2)38-31(37-19)43-18-29(41)34(42)12-11-26-25-10-5-22-14-27-21(17-36-39(27)24-8-6-23(35)7-9-24)15-32(22,3)30(25)28(40)16-33(26,34)4/h6-9,13-14,17,25-26,28,30,40,42H,5,10-12,15-16,18H2,1-4H3/t25?,26?,28-,30?,32?,33?,34-/m0/s1. The fourth-order valence-electron chi connectivity index (χ4n) is 9.44. The molecule has 0 saturated heterocycles. The van der Waals surface area contributed by atoms with Crippen LogP contribution in [0.2, 0.25) is 0 Å². The number of thioether (sulfide) groups is 1. The molecular weight excluding hydrogens is 563 g/mol. The van der Waals surface area contributed by atoms with E-state index in [0.29, 0.717) is 18.0 Å². The van der Waals surface area contributed by atoms with E-state index in [0.717, 1.165) is 54.0 Å². The van der Waals surface area contributed by atoms with Gasteiger partial charge in [0, 0.05) is 16.8 Å². The average Bonchev–Trinajstić information content (AvgIpc) is 3.47. The maximum atomic E-state index is 13.8. The van der Waals surface area contributed by atoms with Crippen LogP contribution in [0, 0.1) is 48.2 Å². The van der Waals surface area contributed by atoms with Gasteiger partial charge in [0.1, 0.15) is 11.4 Å². The van der Waals surface area contributed by atoms with Crippen molar-refractivity contribution in [3.8, 4) is 5.69 Å². The molecule has 226 valence electrons. The van der Waals surface area contributed by atoms with Crippen LogP contribution in [0.3, 0.4) is 0 Å². The van der Waals surface area contributed by atoms with E-state index in [2.05, 4.69) is 28.1 Å². The summed E-state index contributed by atoms with van der Waals surface area (Å²) >= 11 is 1.28. The molecule has 1 aromatic carbocycles. The SMILES string of the molecule is Cc1cc(C)nc(SCC(=O)[C@@]2(O)CCC3C4CCC5=Cc6c(cnn6-c6ccc(F)cc6)CC5(C)C4[C@@H](O)CC32C)n1. The lowest BCUT2D eigenvalue weighted by molar-refractivity contribution is -0.177. The second-order valence-corrected chi connectivity index (χ2v) is 14.7. The molecule has 7 rings (SSSR count). The first kappa shape index (κ1) is 28.9. The van der Waals surface area contributed by atoms with Crippen LogP contribution in [0.5, 0.6) is 0 Å². The maximum Gasteiger partial charge on any atom is 0.188 e. The second kappa shape index (κ2) is 10.1. The molecule has 2 N–H and O–H groups in total.